The second-order valence-electron chi connectivity index (χ2n) is 5.68. The van der Waals surface area contributed by atoms with Crippen LogP contribution in [0.2, 0.25) is 0 Å². The van der Waals surface area contributed by atoms with Gasteiger partial charge in [0, 0.05) is 5.69 Å². The number of hydrogen-bond donors (Lipinski definition) is 2. The lowest BCUT2D eigenvalue weighted by atomic mass is 10.1. The maximum absolute atomic E-state index is 11.9. The smallest absolute Gasteiger partial charge is 0.321 e. The number of anilines is 1. The Balaban J connectivity index is 1.77. The first-order valence-electron chi connectivity index (χ1n) is 8.57. The minimum atomic E-state index is -0.273. The summed E-state index contributed by atoms with van der Waals surface area (Å²) in [6, 6.07) is 15.5. The van der Waals surface area contributed by atoms with Crippen LogP contribution in [-0.4, -0.2) is 12.8 Å². The van der Waals surface area contributed by atoms with Crippen molar-refractivity contribution in [3.05, 3.63) is 59.7 Å². The zero-order chi connectivity index (χ0) is 17.2. The molecule has 0 heterocycles. The number of nitrogens with one attached hydrogen (secondary N) is 2. The third-order valence-corrected chi connectivity index (χ3v) is 3.84. The van der Waals surface area contributed by atoms with E-state index in [1.807, 2.05) is 36.4 Å². The summed E-state index contributed by atoms with van der Waals surface area (Å²) in [7, 11) is 0. The van der Waals surface area contributed by atoms with Crippen molar-refractivity contribution in [1.82, 2.24) is 5.32 Å². The summed E-state index contributed by atoms with van der Waals surface area (Å²) < 4.78 is 5.63. The number of unbranched alkanes of at least 4 members (excludes halogenated alkanes) is 1. The molecule has 0 fully saturated rings. The fraction of sp³-hybridized carbons (Fsp3) is 0.350. The average molecular weight is 326 g/mol. The summed E-state index contributed by atoms with van der Waals surface area (Å²) in [6.07, 6.45) is 4.34. The highest BCUT2D eigenvalue weighted by Gasteiger charge is 2.04. The van der Waals surface area contributed by atoms with E-state index in [9.17, 15) is 4.79 Å². The predicted molar refractivity (Wildman–Crippen MR) is 98.5 cm³/mol. The van der Waals surface area contributed by atoms with Crippen LogP contribution in [0.1, 0.15) is 37.8 Å². The fourth-order valence-electron chi connectivity index (χ4n) is 2.43. The van der Waals surface area contributed by atoms with Crippen LogP contribution in [0.3, 0.4) is 0 Å². The molecule has 0 saturated heterocycles. The minimum Gasteiger partial charge on any atom is -0.473 e. The van der Waals surface area contributed by atoms with E-state index in [1.54, 1.807) is 0 Å². The van der Waals surface area contributed by atoms with Gasteiger partial charge in [-0.15, -0.1) is 0 Å². The molecule has 0 saturated carbocycles. The molecule has 0 aromatic heterocycles. The summed E-state index contributed by atoms with van der Waals surface area (Å²) in [5.41, 5.74) is 3.20. The number of ether oxygens (including phenoxy) is 1. The maximum Gasteiger partial charge on any atom is 0.321 e. The van der Waals surface area contributed by atoms with Crippen molar-refractivity contribution in [2.75, 3.05) is 12.0 Å². The van der Waals surface area contributed by atoms with Gasteiger partial charge < -0.3 is 15.4 Å². The molecule has 0 aliphatic rings. The van der Waals surface area contributed by atoms with Crippen LogP contribution in [0.5, 0.6) is 5.75 Å². The van der Waals surface area contributed by atoms with Gasteiger partial charge in [-0.25, -0.2) is 4.79 Å². The van der Waals surface area contributed by atoms with Crippen molar-refractivity contribution in [3.63, 3.8) is 0 Å². The molecule has 4 nitrogen and oxygen atoms in total. The van der Waals surface area contributed by atoms with E-state index in [2.05, 4.69) is 36.6 Å². The third-order valence-electron chi connectivity index (χ3n) is 3.84. The fourth-order valence-corrected chi connectivity index (χ4v) is 2.43. The maximum atomic E-state index is 11.9. The van der Waals surface area contributed by atoms with Gasteiger partial charge in [0.15, 0.2) is 6.73 Å². The van der Waals surface area contributed by atoms with Gasteiger partial charge in [0.1, 0.15) is 5.75 Å². The van der Waals surface area contributed by atoms with Gasteiger partial charge in [0.2, 0.25) is 0 Å². The van der Waals surface area contributed by atoms with Crippen molar-refractivity contribution in [1.29, 1.82) is 0 Å². The molecule has 2 rings (SSSR count). The van der Waals surface area contributed by atoms with E-state index >= 15 is 0 Å². The molecule has 2 N–H and O–H groups in total. The molecule has 24 heavy (non-hydrogen) atoms. The van der Waals surface area contributed by atoms with E-state index < -0.39 is 0 Å². The first kappa shape index (κ1) is 17.9. The van der Waals surface area contributed by atoms with Gasteiger partial charge in [-0.3, -0.25) is 0 Å². The van der Waals surface area contributed by atoms with Gasteiger partial charge in [0.05, 0.1) is 0 Å². The Labute approximate surface area is 144 Å². The van der Waals surface area contributed by atoms with Crippen LogP contribution >= 0.6 is 0 Å². The molecule has 0 unspecified atom stereocenters. The lowest BCUT2D eigenvalue weighted by molar-refractivity contribution is 0.234. The Morgan fingerprint density at radius 1 is 1.04 bits per heavy atom. The Morgan fingerprint density at radius 2 is 1.79 bits per heavy atom. The molecule has 4 heteroatoms. The van der Waals surface area contributed by atoms with Gasteiger partial charge >= 0.3 is 6.03 Å². The number of urea groups is 1. The molecule has 0 bridgehead atoms. The highest BCUT2D eigenvalue weighted by molar-refractivity contribution is 5.89. The van der Waals surface area contributed by atoms with Crippen LogP contribution in [0, 0.1) is 0 Å². The number of para-hydroxylation sites is 1. The van der Waals surface area contributed by atoms with Crippen molar-refractivity contribution >= 4 is 11.7 Å². The van der Waals surface area contributed by atoms with Crippen LogP contribution in [0.4, 0.5) is 10.5 Å². The highest BCUT2D eigenvalue weighted by Crippen LogP contribution is 2.17. The topological polar surface area (TPSA) is 50.4 Å². The van der Waals surface area contributed by atoms with E-state index in [0.29, 0.717) is 0 Å². The van der Waals surface area contributed by atoms with Crippen LogP contribution in [0.25, 0.3) is 0 Å². The molecule has 0 aliphatic heterocycles. The Hall–Kier alpha value is -2.49. The number of amides is 2. The predicted octanol–water partition coefficient (Wildman–Crippen LogP) is 4.75. The first-order valence-corrected chi connectivity index (χ1v) is 8.57. The Morgan fingerprint density at radius 3 is 2.50 bits per heavy atom. The molecule has 0 radical (unpaired) electrons. The summed E-state index contributed by atoms with van der Waals surface area (Å²) in [5.74, 6) is 0.806. The third kappa shape index (κ3) is 5.61. The monoisotopic (exact) mass is 326 g/mol. The zero-order valence-corrected chi connectivity index (χ0v) is 14.5. The number of carbonyl (C=O) groups is 1. The lowest BCUT2D eigenvalue weighted by Gasteiger charge is -2.12. The molecule has 0 aliphatic carbocycles. The number of rotatable bonds is 8. The van der Waals surface area contributed by atoms with Gasteiger partial charge in [0.25, 0.3) is 0 Å². The summed E-state index contributed by atoms with van der Waals surface area (Å²) in [5, 5.41) is 5.52. The van der Waals surface area contributed by atoms with Gasteiger partial charge in [-0.1, -0.05) is 50.6 Å². The van der Waals surface area contributed by atoms with Crippen molar-refractivity contribution < 1.29 is 9.53 Å². The first-order chi connectivity index (χ1) is 11.7. The molecular formula is C20H26N2O2. The minimum absolute atomic E-state index is 0.136. The zero-order valence-electron chi connectivity index (χ0n) is 14.5. The highest BCUT2D eigenvalue weighted by atomic mass is 16.5. The van der Waals surface area contributed by atoms with Gasteiger partial charge in [-0.05, 0) is 48.6 Å². The average Bonchev–Trinajstić information content (AvgIpc) is 2.61. The summed E-state index contributed by atoms with van der Waals surface area (Å²) in [4.78, 5) is 11.9. The van der Waals surface area contributed by atoms with Crippen molar-refractivity contribution in [2.45, 2.75) is 39.5 Å². The number of aryl methyl sites for hydroxylation is 2. The summed E-state index contributed by atoms with van der Waals surface area (Å²) in [6.45, 7) is 4.39. The van der Waals surface area contributed by atoms with Crippen molar-refractivity contribution in [2.24, 2.45) is 0 Å². The SMILES string of the molecule is CCCCc1ccc(NC(=O)NCOc2ccccc2CC)cc1. The quantitative estimate of drug-likeness (QED) is 0.688. The van der Waals surface area contributed by atoms with Gasteiger partial charge in [-0.2, -0.15) is 0 Å². The molecule has 128 valence electrons. The number of carbonyl (C=O) groups excluding carboxylic acids is 1. The van der Waals surface area contributed by atoms with Crippen LogP contribution in [-0.2, 0) is 12.8 Å². The molecular weight excluding hydrogens is 300 g/mol. The number of hydrogen-bond acceptors (Lipinski definition) is 2. The second kappa shape index (κ2) is 9.60. The van der Waals surface area contributed by atoms with E-state index in [1.165, 1.54) is 18.4 Å². The van der Waals surface area contributed by atoms with E-state index in [0.717, 1.165) is 29.8 Å². The lowest BCUT2D eigenvalue weighted by Crippen LogP contribution is -2.32. The molecule has 0 atom stereocenters. The van der Waals surface area contributed by atoms with Crippen LogP contribution in [0.15, 0.2) is 48.5 Å². The van der Waals surface area contributed by atoms with E-state index in [4.69, 9.17) is 4.74 Å². The second-order valence-corrected chi connectivity index (χ2v) is 5.68. The normalized spacial score (nSPS) is 10.2. The van der Waals surface area contributed by atoms with Crippen molar-refractivity contribution in [3.8, 4) is 5.75 Å². The molecule has 0 spiro atoms. The largest absolute Gasteiger partial charge is 0.473 e. The molecule has 2 aromatic carbocycles. The standard InChI is InChI=1S/C20H26N2O2/c1-3-5-8-16-11-13-18(14-12-16)22-20(23)21-15-24-19-10-7-6-9-17(19)4-2/h6-7,9-14H,3-5,8,15H2,1-2H3,(H2,21,22,23). The molecule has 2 amide bonds. The Bertz CT molecular complexity index is 638. The van der Waals surface area contributed by atoms with E-state index in [-0.39, 0.29) is 12.8 Å². The summed E-state index contributed by atoms with van der Waals surface area (Å²) >= 11 is 0. The Kier molecular flexibility index (Phi) is 7.15. The van der Waals surface area contributed by atoms with Crippen LogP contribution < -0.4 is 15.4 Å². The molecule has 2 aromatic rings. The number of benzene rings is 2.